The molecule has 0 spiro atoms. The van der Waals surface area contributed by atoms with Crippen molar-refractivity contribution >= 4 is 23.5 Å². The summed E-state index contributed by atoms with van der Waals surface area (Å²) < 4.78 is 9.97. The molecule has 1 aliphatic rings. The van der Waals surface area contributed by atoms with E-state index in [0.29, 0.717) is 0 Å². The van der Waals surface area contributed by atoms with Gasteiger partial charge in [0.25, 0.3) is 0 Å². The van der Waals surface area contributed by atoms with Gasteiger partial charge in [-0.15, -0.1) is 0 Å². The first kappa shape index (κ1) is 16.5. The van der Waals surface area contributed by atoms with Crippen LogP contribution in [0, 0.1) is 0 Å². The van der Waals surface area contributed by atoms with Crippen LogP contribution in [0.15, 0.2) is 48.5 Å². The quantitative estimate of drug-likeness (QED) is 0.589. The maximum atomic E-state index is 11.9. The van der Waals surface area contributed by atoms with Crippen molar-refractivity contribution in [2.75, 3.05) is 12.7 Å². The SMILES string of the molecule is O=C(CCC(=O)OCC1c2ccccc2-c2ccccc21)OCCl. The summed E-state index contributed by atoms with van der Waals surface area (Å²) in [7, 11) is 0. The number of alkyl halides is 1. The highest BCUT2D eigenvalue weighted by Crippen LogP contribution is 2.44. The van der Waals surface area contributed by atoms with Gasteiger partial charge < -0.3 is 9.47 Å². The Morgan fingerprint density at radius 2 is 1.33 bits per heavy atom. The van der Waals surface area contributed by atoms with E-state index in [1.165, 1.54) is 11.1 Å². The maximum Gasteiger partial charge on any atom is 0.307 e. The van der Waals surface area contributed by atoms with Crippen LogP contribution >= 0.6 is 11.6 Å². The van der Waals surface area contributed by atoms with Crippen LogP contribution in [0.4, 0.5) is 0 Å². The predicted octanol–water partition coefficient (Wildman–Crippen LogP) is 3.86. The van der Waals surface area contributed by atoms with Gasteiger partial charge in [0.1, 0.15) is 6.61 Å². The standard InChI is InChI=1S/C19H17ClO4/c20-12-24-19(22)10-9-18(21)23-11-17-15-7-3-1-5-13(15)14-6-2-4-8-16(14)17/h1-8,17H,9-12H2. The van der Waals surface area contributed by atoms with Crippen molar-refractivity contribution in [1.82, 2.24) is 0 Å². The lowest BCUT2D eigenvalue weighted by molar-refractivity contribution is -0.149. The molecule has 5 heteroatoms. The second-order valence-corrected chi connectivity index (χ2v) is 5.75. The molecule has 0 heterocycles. The summed E-state index contributed by atoms with van der Waals surface area (Å²) >= 11 is 5.30. The van der Waals surface area contributed by atoms with Crippen LogP contribution in [0.5, 0.6) is 0 Å². The molecule has 0 bridgehead atoms. The molecular weight excluding hydrogens is 328 g/mol. The molecule has 0 aliphatic heterocycles. The second-order valence-electron chi connectivity index (χ2n) is 5.54. The minimum Gasteiger partial charge on any atom is -0.465 e. The van der Waals surface area contributed by atoms with E-state index in [2.05, 4.69) is 29.0 Å². The van der Waals surface area contributed by atoms with E-state index in [0.717, 1.165) is 11.1 Å². The molecule has 124 valence electrons. The summed E-state index contributed by atoms with van der Waals surface area (Å²) in [6.45, 7) is 0.261. The maximum absolute atomic E-state index is 11.9. The molecule has 0 radical (unpaired) electrons. The molecule has 24 heavy (non-hydrogen) atoms. The number of halogens is 1. The highest BCUT2D eigenvalue weighted by atomic mass is 35.5. The van der Waals surface area contributed by atoms with E-state index in [1.54, 1.807) is 0 Å². The first-order chi connectivity index (χ1) is 11.7. The van der Waals surface area contributed by atoms with Gasteiger partial charge in [0, 0.05) is 5.92 Å². The molecule has 0 saturated heterocycles. The van der Waals surface area contributed by atoms with Gasteiger partial charge in [0.2, 0.25) is 0 Å². The highest BCUT2D eigenvalue weighted by molar-refractivity contribution is 6.17. The lowest BCUT2D eigenvalue weighted by atomic mass is 9.98. The largest absolute Gasteiger partial charge is 0.465 e. The molecule has 0 amide bonds. The number of carbonyl (C=O) groups excluding carboxylic acids is 2. The van der Waals surface area contributed by atoms with Crippen molar-refractivity contribution in [3.63, 3.8) is 0 Å². The van der Waals surface area contributed by atoms with E-state index in [-0.39, 0.29) is 31.4 Å². The summed E-state index contributed by atoms with van der Waals surface area (Å²) in [6, 6.07) is 16.1. The van der Waals surface area contributed by atoms with Crippen molar-refractivity contribution in [3.05, 3.63) is 59.7 Å². The van der Waals surface area contributed by atoms with Crippen molar-refractivity contribution in [3.8, 4) is 11.1 Å². The third-order valence-corrected chi connectivity index (χ3v) is 4.23. The molecule has 0 unspecified atom stereocenters. The van der Waals surface area contributed by atoms with Gasteiger partial charge in [-0.05, 0) is 22.3 Å². The molecule has 0 fully saturated rings. The monoisotopic (exact) mass is 344 g/mol. The normalized spacial score (nSPS) is 12.4. The van der Waals surface area contributed by atoms with Crippen molar-refractivity contribution in [2.24, 2.45) is 0 Å². The van der Waals surface area contributed by atoms with Crippen LogP contribution < -0.4 is 0 Å². The fourth-order valence-electron chi connectivity index (χ4n) is 3.02. The Morgan fingerprint density at radius 1 is 0.833 bits per heavy atom. The number of fused-ring (bicyclic) bond motifs is 3. The lowest BCUT2D eigenvalue weighted by Gasteiger charge is -2.14. The second kappa shape index (κ2) is 7.49. The van der Waals surface area contributed by atoms with Gasteiger partial charge in [-0.25, -0.2) is 0 Å². The summed E-state index contributed by atoms with van der Waals surface area (Å²) in [4.78, 5) is 23.1. The molecule has 0 atom stereocenters. The third-order valence-electron chi connectivity index (χ3n) is 4.12. The van der Waals surface area contributed by atoms with Crippen LogP contribution in [0.2, 0.25) is 0 Å². The fourth-order valence-corrected chi connectivity index (χ4v) is 3.15. The molecule has 0 saturated carbocycles. The molecule has 2 aromatic rings. The van der Waals surface area contributed by atoms with Crippen molar-refractivity contribution in [1.29, 1.82) is 0 Å². The highest BCUT2D eigenvalue weighted by Gasteiger charge is 2.28. The van der Waals surface area contributed by atoms with Crippen molar-refractivity contribution < 1.29 is 19.1 Å². The Labute approximate surface area is 145 Å². The van der Waals surface area contributed by atoms with Gasteiger partial charge in [-0.2, -0.15) is 0 Å². The Kier molecular flexibility index (Phi) is 5.16. The molecule has 0 N–H and O–H groups in total. The zero-order valence-electron chi connectivity index (χ0n) is 13.0. The summed E-state index contributed by atoms with van der Waals surface area (Å²) in [5.41, 5.74) is 4.68. The van der Waals surface area contributed by atoms with E-state index >= 15 is 0 Å². The van der Waals surface area contributed by atoms with Crippen molar-refractivity contribution in [2.45, 2.75) is 18.8 Å². The fraction of sp³-hybridized carbons (Fsp3) is 0.263. The predicted molar refractivity (Wildman–Crippen MR) is 90.7 cm³/mol. The van der Waals surface area contributed by atoms with Crippen LogP contribution in [0.3, 0.4) is 0 Å². The molecule has 4 nitrogen and oxygen atoms in total. The van der Waals surface area contributed by atoms with E-state index in [1.807, 2.05) is 24.3 Å². The van der Waals surface area contributed by atoms with Crippen LogP contribution in [-0.2, 0) is 19.1 Å². The number of rotatable bonds is 6. The number of carbonyl (C=O) groups is 2. The van der Waals surface area contributed by atoms with Crippen LogP contribution in [0.1, 0.15) is 29.9 Å². The average molecular weight is 345 g/mol. The number of esters is 2. The average Bonchev–Trinajstić information content (AvgIpc) is 2.92. The molecule has 2 aromatic carbocycles. The lowest BCUT2D eigenvalue weighted by Crippen LogP contribution is -2.14. The first-order valence-corrected chi connectivity index (χ1v) is 8.29. The molecular formula is C19H17ClO4. The number of benzene rings is 2. The third kappa shape index (κ3) is 3.44. The van der Waals surface area contributed by atoms with Gasteiger partial charge in [0.15, 0.2) is 6.07 Å². The van der Waals surface area contributed by atoms with Crippen LogP contribution in [-0.4, -0.2) is 24.6 Å². The van der Waals surface area contributed by atoms with E-state index < -0.39 is 11.9 Å². The summed E-state index contributed by atoms with van der Waals surface area (Å²) in [6.07, 6.45) is -0.0326. The molecule has 0 aromatic heterocycles. The number of hydrogen-bond acceptors (Lipinski definition) is 4. The molecule has 3 rings (SSSR count). The summed E-state index contributed by atoms with van der Waals surface area (Å²) in [5, 5.41) is 0. The Bertz CT molecular complexity index is 711. The molecule has 1 aliphatic carbocycles. The minimum absolute atomic E-state index is 0.00820. The van der Waals surface area contributed by atoms with Gasteiger partial charge >= 0.3 is 11.9 Å². The van der Waals surface area contributed by atoms with E-state index in [4.69, 9.17) is 16.3 Å². The minimum atomic E-state index is -0.501. The van der Waals surface area contributed by atoms with Gasteiger partial charge in [0.05, 0.1) is 12.8 Å². The smallest absolute Gasteiger partial charge is 0.307 e. The van der Waals surface area contributed by atoms with Crippen LogP contribution in [0.25, 0.3) is 11.1 Å². The number of ether oxygens (including phenoxy) is 2. The summed E-state index contributed by atoms with van der Waals surface area (Å²) in [5.74, 6) is -0.891. The Balaban J connectivity index is 1.65. The Morgan fingerprint density at radius 3 is 1.88 bits per heavy atom. The topological polar surface area (TPSA) is 52.6 Å². The zero-order valence-corrected chi connectivity index (χ0v) is 13.8. The van der Waals surface area contributed by atoms with E-state index in [9.17, 15) is 9.59 Å². The van der Waals surface area contributed by atoms with Gasteiger partial charge in [-0.1, -0.05) is 60.1 Å². The zero-order chi connectivity index (χ0) is 16.9. The Hall–Kier alpha value is -2.33. The van der Waals surface area contributed by atoms with Gasteiger partial charge in [-0.3, -0.25) is 9.59 Å². The first-order valence-electron chi connectivity index (χ1n) is 7.76. The number of hydrogen-bond donors (Lipinski definition) is 0.